The minimum atomic E-state index is -4.87. The van der Waals surface area contributed by atoms with Crippen LogP contribution in [0.3, 0.4) is 0 Å². The fourth-order valence-corrected chi connectivity index (χ4v) is 2.73. The van der Waals surface area contributed by atoms with Crippen molar-refractivity contribution in [2.75, 3.05) is 0 Å². The van der Waals surface area contributed by atoms with E-state index in [4.69, 9.17) is 0 Å². The summed E-state index contributed by atoms with van der Waals surface area (Å²) < 4.78 is 79.7. The third-order valence-electron chi connectivity index (χ3n) is 2.99. The molecule has 0 unspecified atom stereocenters. The lowest BCUT2D eigenvalue weighted by Crippen LogP contribution is -2.17. The summed E-state index contributed by atoms with van der Waals surface area (Å²) in [5.74, 6) is -0.493. The van der Waals surface area contributed by atoms with Crippen molar-refractivity contribution in [1.29, 1.82) is 0 Å². The van der Waals surface area contributed by atoms with Crippen molar-refractivity contribution in [1.82, 2.24) is 0 Å². The molecule has 0 radical (unpaired) electrons. The molecule has 2 aromatic rings. The lowest BCUT2D eigenvalue weighted by Gasteiger charge is -2.16. The zero-order valence-corrected chi connectivity index (χ0v) is 12.9. The lowest BCUT2D eigenvalue weighted by molar-refractivity contribution is -0.274. The van der Waals surface area contributed by atoms with E-state index in [0.717, 1.165) is 18.2 Å². The third-order valence-corrected chi connectivity index (χ3v) is 3.55. The molecule has 2 rings (SSSR count). The Bertz CT molecular complexity index is 693. The second-order valence-corrected chi connectivity index (χ2v) is 5.10. The molecule has 0 fully saturated rings. The van der Waals surface area contributed by atoms with Crippen molar-refractivity contribution in [3.05, 3.63) is 53.6 Å². The first-order chi connectivity index (χ1) is 10.6. The van der Waals surface area contributed by atoms with Crippen LogP contribution in [0.1, 0.15) is 11.1 Å². The van der Waals surface area contributed by atoms with E-state index >= 15 is 0 Å². The van der Waals surface area contributed by atoms with Crippen molar-refractivity contribution >= 4 is 15.9 Å². The average Bonchev–Trinajstić information content (AvgIpc) is 2.44. The Morgan fingerprint density at radius 1 is 0.913 bits per heavy atom. The van der Waals surface area contributed by atoms with Crippen LogP contribution in [0, 0.1) is 0 Å². The minimum Gasteiger partial charge on any atom is -0.406 e. The lowest BCUT2D eigenvalue weighted by atomic mass is 9.96. The van der Waals surface area contributed by atoms with Crippen molar-refractivity contribution in [2.45, 2.75) is 17.9 Å². The van der Waals surface area contributed by atoms with Gasteiger partial charge in [-0.15, -0.1) is 13.2 Å². The zero-order chi connectivity index (χ0) is 17.3. The topological polar surface area (TPSA) is 9.23 Å². The van der Waals surface area contributed by atoms with Crippen LogP contribution in [-0.4, -0.2) is 6.36 Å². The Kier molecular flexibility index (Phi) is 4.93. The van der Waals surface area contributed by atoms with E-state index in [1.807, 2.05) is 0 Å². The highest BCUT2D eigenvalue weighted by Crippen LogP contribution is 2.38. The summed E-state index contributed by atoms with van der Waals surface area (Å²) in [5, 5.41) is -0.0949. The number of benzene rings is 2. The maximum absolute atomic E-state index is 13.0. The quantitative estimate of drug-likeness (QED) is 0.444. The van der Waals surface area contributed by atoms with Crippen LogP contribution >= 0.6 is 15.9 Å². The van der Waals surface area contributed by atoms with Gasteiger partial charge in [-0.25, -0.2) is 0 Å². The summed E-state index contributed by atoms with van der Waals surface area (Å²) in [7, 11) is 0. The summed E-state index contributed by atoms with van der Waals surface area (Å²) in [6, 6.07) is 8.39. The maximum atomic E-state index is 13.0. The van der Waals surface area contributed by atoms with Gasteiger partial charge in [0.1, 0.15) is 5.75 Å². The van der Waals surface area contributed by atoms with Crippen LogP contribution in [0.25, 0.3) is 11.1 Å². The fourth-order valence-electron chi connectivity index (χ4n) is 2.13. The van der Waals surface area contributed by atoms with E-state index < -0.39 is 23.9 Å². The van der Waals surface area contributed by atoms with Crippen molar-refractivity contribution in [2.24, 2.45) is 0 Å². The van der Waals surface area contributed by atoms with E-state index in [9.17, 15) is 26.3 Å². The number of alkyl halides is 7. The highest BCUT2D eigenvalue weighted by Gasteiger charge is 2.34. The van der Waals surface area contributed by atoms with Crippen molar-refractivity contribution in [3.63, 3.8) is 0 Å². The summed E-state index contributed by atoms with van der Waals surface area (Å²) >= 11 is 3.01. The molecule has 0 aromatic heterocycles. The molecule has 1 nitrogen and oxygen atoms in total. The van der Waals surface area contributed by atoms with E-state index in [1.54, 1.807) is 0 Å². The van der Waals surface area contributed by atoms with E-state index in [0.29, 0.717) is 0 Å². The Labute approximate surface area is 136 Å². The van der Waals surface area contributed by atoms with Gasteiger partial charge >= 0.3 is 12.5 Å². The second kappa shape index (κ2) is 6.43. The molecule has 23 heavy (non-hydrogen) atoms. The Hall–Kier alpha value is -1.70. The molecule has 0 aliphatic heterocycles. The Morgan fingerprint density at radius 3 is 2.13 bits per heavy atom. The zero-order valence-electron chi connectivity index (χ0n) is 11.3. The molecule has 0 spiro atoms. The molecule has 8 heteroatoms. The molecule has 0 bridgehead atoms. The van der Waals surface area contributed by atoms with Gasteiger partial charge in [0.25, 0.3) is 0 Å². The first-order valence-electron chi connectivity index (χ1n) is 6.23. The smallest absolute Gasteiger partial charge is 0.406 e. The van der Waals surface area contributed by atoms with Crippen molar-refractivity contribution in [3.8, 4) is 16.9 Å². The van der Waals surface area contributed by atoms with Crippen LogP contribution in [0.15, 0.2) is 42.5 Å². The van der Waals surface area contributed by atoms with Gasteiger partial charge in [-0.1, -0.05) is 40.2 Å². The van der Waals surface area contributed by atoms with Gasteiger partial charge in [0.2, 0.25) is 0 Å². The predicted molar refractivity (Wildman–Crippen MR) is 76.2 cm³/mol. The molecule has 0 saturated carbocycles. The SMILES string of the molecule is FC(F)(F)Oc1cccc(-c2cccc(C(F)(F)F)c2CBr)c1. The van der Waals surface area contributed by atoms with Crippen LogP contribution in [0.5, 0.6) is 5.75 Å². The van der Waals surface area contributed by atoms with Gasteiger partial charge in [-0.05, 0) is 34.9 Å². The molecule has 0 atom stereocenters. The normalized spacial score (nSPS) is 12.3. The highest BCUT2D eigenvalue weighted by atomic mass is 79.9. The summed E-state index contributed by atoms with van der Waals surface area (Å²) in [6.07, 6.45) is -9.43. The highest BCUT2D eigenvalue weighted by molar-refractivity contribution is 9.08. The summed E-state index contributed by atoms with van der Waals surface area (Å²) in [5.41, 5.74) is -0.505. The van der Waals surface area contributed by atoms with E-state index in [1.165, 1.54) is 24.3 Å². The Balaban J connectivity index is 2.53. The molecule has 0 saturated heterocycles. The number of ether oxygens (including phenoxy) is 1. The first-order valence-corrected chi connectivity index (χ1v) is 7.35. The van der Waals surface area contributed by atoms with Gasteiger partial charge in [-0.2, -0.15) is 13.2 Å². The largest absolute Gasteiger partial charge is 0.573 e. The second-order valence-electron chi connectivity index (χ2n) is 4.54. The summed E-state index contributed by atoms with van der Waals surface area (Å²) in [6.45, 7) is 0. The van der Waals surface area contributed by atoms with E-state index in [2.05, 4.69) is 20.7 Å². The average molecular weight is 399 g/mol. The predicted octanol–water partition coefficient (Wildman–Crippen LogP) is 6.17. The van der Waals surface area contributed by atoms with Crippen molar-refractivity contribution < 1.29 is 31.1 Å². The van der Waals surface area contributed by atoms with Gasteiger partial charge in [0.15, 0.2) is 0 Å². The standard InChI is InChI=1S/C15H9BrF6O/c16-8-12-11(5-2-6-13(12)14(17,18)19)9-3-1-4-10(7-9)23-15(20,21)22/h1-7H,8H2. The molecule has 0 aliphatic carbocycles. The summed E-state index contributed by atoms with van der Waals surface area (Å²) in [4.78, 5) is 0. The molecule has 0 N–H and O–H groups in total. The number of rotatable bonds is 3. The molecule has 124 valence electrons. The Morgan fingerprint density at radius 2 is 1.57 bits per heavy atom. The van der Waals surface area contributed by atoms with Gasteiger partial charge < -0.3 is 4.74 Å². The molecule has 0 amide bonds. The van der Waals surface area contributed by atoms with Gasteiger partial charge in [0, 0.05) is 5.33 Å². The van der Waals surface area contributed by atoms with Gasteiger partial charge in [0.05, 0.1) is 5.56 Å². The molecule has 0 aliphatic rings. The molecule has 0 heterocycles. The third kappa shape index (κ3) is 4.40. The molecule has 2 aromatic carbocycles. The molecular formula is C15H9BrF6O. The van der Waals surface area contributed by atoms with Crippen LogP contribution in [0.4, 0.5) is 26.3 Å². The fraction of sp³-hybridized carbons (Fsp3) is 0.200. The van der Waals surface area contributed by atoms with Crippen LogP contribution in [-0.2, 0) is 11.5 Å². The monoisotopic (exact) mass is 398 g/mol. The maximum Gasteiger partial charge on any atom is 0.573 e. The minimum absolute atomic E-state index is 0.0517. The molecular weight excluding hydrogens is 390 g/mol. The van der Waals surface area contributed by atoms with Gasteiger partial charge in [-0.3, -0.25) is 0 Å². The first kappa shape index (κ1) is 17.7. The van der Waals surface area contributed by atoms with E-state index in [-0.39, 0.29) is 22.0 Å². The van der Waals surface area contributed by atoms with Crippen LogP contribution < -0.4 is 4.74 Å². The number of hydrogen-bond acceptors (Lipinski definition) is 1. The van der Waals surface area contributed by atoms with Crippen LogP contribution in [0.2, 0.25) is 0 Å². The number of halogens is 7. The number of hydrogen-bond donors (Lipinski definition) is 0.